The quantitative estimate of drug-likeness (QED) is 0.336. The maximum absolute atomic E-state index is 12.8. The van der Waals surface area contributed by atoms with E-state index >= 15 is 0 Å². The maximum atomic E-state index is 12.8. The second-order valence-electron chi connectivity index (χ2n) is 6.93. The van der Waals surface area contributed by atoms with Gasteiger partial charge in [0.25, 0.3) is 5.56 Å². The van der Waals surface area contributed by atoms with Crippen LogP contribution >= 0.6 is 27.5 Å². The Morgan fingerprint density at radius 1 is 1.22 bits per heavy atom. The van der Waals surface area contributed by atoms with Crippen molar-refractivity contribution >= 4 is 44.6 Å². The van der Waals surface area contributed by atoms with E-state index in [2.05, 4.69) is 32.1 Å². The highest BCUT2D eigenvalue weighted by Gasteiger charge is 2.09. The lowest BCUT2D eigenvalue weighted by Gasteiger charge is -2.10. The topological polar surface area (TPSA) is 80.3 Å². The van der Waals surface area contributed by atoms with E-state index in [9.17, 15) is 10.1 Å². The van der Waals surface area contributed by atoms with Crippen LogP contribution in [0.15, 0.2) is 75.0 Å². The number of fused-ring (bicyclic) bond motifs is 1. The lowest BCUT2D eigenvalue weighted by atomic mass is 10.1. The lowest BCUT2D eigenvalue weighted by Crippen LogP contribution is -2.20. The van der Waals surface area contributed by atoms with Crippen LogP contribution in [0.25, 0.3) is 10.9 Å². The Kier molecular flexibility index (Phi) is 6.35. The van der Waals surface area contributed by atoms with Crippen molar-refractivity contribution < 1.29 is 4.74 Å². The van der Waals surface area contributed by atoms with Crippen LogP contribution in [0.2, 0.25) is 5.02 Å². The van der Waals surface area contributed by atoms with Crippen molar-refractivity contribution in [1.29, 1.82) is 5.26 Å². The second kappa shape index (κ2) is 9.35. The predicted molar refractivity (Wildman–Crippen MR) is 128 cm³/mol. The van der Waals surface area contributed by atoms with Gasteiger partial charge >= 0.3 is 0 Å². The summed E-state index contributed by atoms with van der Waals surface area (Å²) >= 11 is 9.75. The Balaban J connectivity index is 1.56. The molecule has 0 fully saturated rings. The van der Waals surface area contributed by atoms with Gasteiger partial charge in [0.15, 0.2) is 0 Å². The highest BCUT2D eigenvalue weighted by Crippen LogP contribution is 2.26. The molecule has 0 spiro atoms. The smallest absolute Gasteiger partial charge is 0.282 e. The third-order valence-corrected chi connectivity index (χ3v) is 5.56. The first kappa shape index (κ1) is 21.8. The van der Waals surface area contributed by atoms with Crippen molar-refractivity contribution in [3.05, 3.63) is 103 Å². The summed E-state index contributed by atoms with van der Waals surface area (Å²) in [5.41, 5.74) is 2.39. The van der Waals surface area contributed by atoms with Crippen LogP contribution in [0.4, 0.5) is 0 Å². The molecule has 0 aliphatic carbocycles. The number of nitrogens with zero attached hydrogens (tertiary/aromatic N) is 4. The van der Waals surface area contributed by atoms with Gasteiger partial charge in [-0.05, 0) is 55.0 Å². The van der Waals surface area contributed by atoms with Gasteiger partial charge in [-0.3, -0.25) is 4.79 Å². The summed E-state index contributed by atoms with van der Waals surface area (Å²) in [6, 6.07) is 19.9. The molecule has 0 unspecified atom stereocenters. The molecule has 0 aliphatic rings. The summed E-state index contributed by atoms with van der Waals surface area (Å²) < 4.78 is 7.83. The number of aromatic nitrogens is 2. The van der Waals surface area contributed by atoms with Crippen molar-refractivity contribution in [2.75, 3.05) is 0 Å². The molecule has 0 bridgehead atoms. The normalized spacial score (nSPS) is 11.1. The summed E-state index contributed by atoms with van der Waals surface area (Å²) in [5, 5.41) is 14.4. The van der Waals surface area contributed by atoms with Gasteiger partial charge in [-0.1, -0.05) is 45.7 Å². The first-order valence-electron chi connectivity index (χ1n) is 9.60. The summed E-state index contributed by atoms with van der Waals surface area (Å²) in [6.07, 6.45) is 1.54. The monoisotopic (exact) mass is 506 g/mol. The molecule has 8 heteroatoms. The summed E-state index contributed by atoms with van der Waals surface area (Å²) in [7, 11) is 0. The number of aryl methyl sites for hydroxylation is 1. The van der Waals surface area contributed by atoms with Gasteiger partial charge in [0.2, 0.25) is 0 Å². The minimum absolute atomic E-state index is 0.226. The number of nitriles is 1. The number of benzene rings is 3. The van der Waals surface area contributed by atoms with Crippen LogP contribution in [0, 0.1) is 18.3 Å². The van der Waals surface area contributed by atoms with E-state index in [0.717, 1.165) is 10.0 Å². The zero-order valence-corrected chi connectivity index (χ0v) is 19.3. The van der Waals surface area contributed by atoms with Crippen LogP contribution in [0.1, 0.15) is 22.5 Å². The van der Waals surface area contributed by atoms with Crippen LogP contribution in [-0.4, -0.2) is 15.9 Å². The van der Waals surface area contributed by atoms with Crippen LogP contribution in [0.3, 0.4) is 0 Å². The lowest BCUT2D eigenvalue weighted by molar-refractivity contribution is 0.306. The van der Waals surface area contributed by atoms with Crippen LogP contribution < -0.4 is 10.3 Å². The molecule has 4 aromatic rings. The Morgan fingerprint density at radius 3 is 2.81 bits per heavy atom. The number of halogens is 2. The van der Waals surface area contributed by atoms with Gasteiger partial charge in [-0.15, -0.1) is 0 Å². The molecule has 158 valence electrons. The molecule has 4 rings (SSSR count). The molecule has 6 nitrogen and oxygen atoms in total. The first-order chi connectivity index (χ1) is 15.5. The van der Waals surface area contributed by atoms with E-state index in [1.54, 1.807) is 55.6 Å². The molecule has 0 radical (unpaired) electrons. The standard InChI is InChI=1S/C24H16BrClN4O2/c1-15-29-22-8-7-19(25)11-20(22)24(31)30(15)28-13-16-6-9-23(21(26)10-16)32-14-18-5-3-2-4-17(18)12-27/h2-11,13H,14H2,1H3. The minimum atomic E-state index is -0.257. The molecular weight excluding hydrogens is 492 g/mol. The van der Waals surface area contributed by atoms with Crippen molar-refractivity contribution in [2.45, 2.75) is 13.5 Å². The molecule has 0 saturated carbocycles. The molecule has 0 saturated heterocycles. The highest BCUT2D eigenvalue weighted by molar-refractivity contribution is 9.10. The van der Waals surface area contributed by atoms with Crippen LogP contribution in [0.5, 0.6) is 5.75 Å². The van der Waals surface area contributed by atoms with E-state index in [-0.39, 0.29) is 12.2 Å². The average molecular weight is 508 g/mol. The molecule has 32 heavy (non-hydrogen) atoms. The third-order valence-electron chi connectivity index (χ3n) is 4.77. The summed E-state index contributed by atoms with van der Waals surface area (Å²) in [6.45, 7) is 1.95. The molecule has 1 aromatic heterocycles. The Morgan fingerprint density at radius 2 is 2.03 bits per heavy atom. The first-order valence-corrected chi connectivity index (χ1v) is 10.8. The summed E-state index contributed by atoms with van der Waals surface area (Å²) in [4.78, 5) is 17.3. The zero-order valence-electron chi connectivity index (χ0n) is 16.9. The Labute approximate surface area is 197 Å². The van der Waals surface area contributed by atoms with Gasteiger partial charge in [-0.2, -0.15) is 15.0 Å². The third kappa shape index (κ3) is 4.57. The van der Waals surface area contributed by atoms with E-state index in [1.165, 1.54) is 4.68 Å². The molecule has 0 amide bonds. The van der Waals surface area contributed by atoms with Gasteiger partial charge in [0.1, 0.15) is 18.2 Å². The van der Waals surface area contributed by atoms with Crippen molar-refractivity contribution in [3.8, 4) is 11.8 Å². The molecular formula is C24H16BrClN4O2. The molecule has 0 atom stereocenters. The molecule has 0 aliphatic heterocycles. The second-order valence-corrected chi connectivity index (χ2v) is 8.25. The Hall–Kier alpha value is -3.47. The van der Waals surface area contributed by atoms with Crippen molar-refractivity contribution in [3.63, 3.8) is 0 Å². The SMILES string of the molecule is Cc1nc2ccc(Br)cc2c(=O)n1N=Cc1ccc(OCc2ccccc2C#N)c(Cl)c1. The van der Waals surface area contributed by atoms with Crippen molar-refractivity contribution in [1.82, 2.24) is 9.66 Å². The fourth-order valence-electron chi connectivity index (χ4n) is 3.15. The van der Waals surface area contributed by atoms with E-state index in [1.807, 2.05) is 18.2 Å². The number of hydrogen-bond acceptors (Lipinski definition) is 5. The summed E-state index contributed by atoms with van der Waals surface area (Å²) in [5.74, 6) is 0.963. The average Bonchev–Trinajstić information content (AvgIpc) is 2.79. The van der Waals surface area contributed by atoms with E-state index in [4.69, 9.17) is 16.3 Å². The molecule has 3 aromatic carbocycles. The molecule has 1 heterocycles. The van der Waals surface area contributed by atoms with E-state index in [0.29, 0.717) is 38.6 Å². The number of rotatable bonds is 5. The number of ether oxygens (including phenoxy) is 1. The minimum Gasteiger partial charge on any atom is -0.487 e. The fraction of sp³-hybridized carbons (Fsp3) is 0.0833. The van der Waals surface area contributed by atoms with Gasteiger partial charge in [0, 0.05) is 10.0 Å². The van der Waals surface area contributed by atoms with Gasteiger partial charge in [-0.25, -0.2) is 4.98 Å². The Bertz CT molecular complexity index is 1460. The predicted octanol–water partition coefficient (Wildman–Crippen LogP) is 5.45. The van der Waals surface area contributed by atoms with E-state index < -0.39 is 0 Å². The van der Waals surface area contributed by atoms with Crippen molar-refractivity contribution in [2.24, 2.45) is 5.10 Å². The van der Waals surface area contributed by atoms with Gasteiger partial charge < -0.3 is 4.74 Å². The molecule has 0 N–H and O–H groups in total. The number of hydrogen-bond donors (Lipinski definition) is 0. The largest absolute Gasteiger partial charge is 0.487 e. The highest BCUT2D eigenvalue weighted by atomic mass is 79.9. The fourth-order valence-corrected chi connectivity index (χ4v) is 3.75. The zero-order chi connectivity index (χ0) is 22.7. The van der Waals surface area contributed by atoms with Gasteiger partial charge in [0.05, 0.1) is 33.8 Å². The van der Waals surface area contributed by atoms with Crippen LogP contribution in [-0.2, 0) is 6.61 Å². The maximum Gasteiger partial charge on any atom is 0.282 e.